The Balaban J connectivity index is 2.26. The van der Waals surface area contributed by atoms with Crippen molar-refractivity contribution >= 4 is 44.7 Å². The summed E-state index contributed by atoms with van der Waals surface area (Å²) in [5.74, 6) is -2.03. The average Bonchev–Trinajstić information content (AvgIpc) is 2.73. The number of hydrogen-bond acceptors (Lipinski definition) is 5. The first-order chi connectivity index (χ1) is 9.30. The summed E-state index contributed by atoms with van der Waals surface area (Å²) in [5, 5.41) is 10.8. The van der Waals surface area contributed by atoms with Crippen molar-refractivity contribution in [1.82, 2.24) is 4.90 Å². The van der Waals surface area contributed by atoms with Crippen molar-refractivity contribution in [3.8, 4) is 0 Å². The summed E-state index contributed by atoms with van der Waals surface area (Å²) in [7, 11) is -3.31. The van der Waals surface area contributed by atoms with E-state index >= 15 is 0 Å². The number of carboxylic acid groups (broad SMARTS) is 1. The highest BCUT2D eigenvalue weighted by molar-refractivity contribution is 7.91. The molecule has 0 bridgehead atoms. The highest BCUT2D eigenvalue weighted by atomic mass is 35.5. The summed E-state index contributed by atoms with van der Waals surface area (Å²) < 4.78 is 23.2. The van der Waals surface area contributed by atoms with E-state index in [1.807, 2.05) is 0 Å². The van der Waals surface area contributed by atoms with E-state index in [1.165, 1.54) is 4.90 Å². The van der Waals surface area contributed by atoms with E-state index in [4.69, 9.17) is 16.7 Å². The van der Waals surface area contributed by atoms with Gasteiger partial charge in [-0.2, -0.15) is 0 Å². The SMILES string of the molecule is O=C(O)CC1CS(=O)(=O)CCN1C(=O)c1sccc1Cl. The molecule has 1 aliphatic heterocycles. The molecule has 1 aromatic rings. The monoisotopic (exact) mass is 337 g/mol. The van der Waals surface area contributed by atoms with Crippen LogP contribution in [0.3, 0.4) is 0 Å². The van der Waals surface area contributed by atoms with Crippen LogP contribution in [0, 0.1) is 0 Å². The molecule has 0 saturated carbocycles. The lowest BCUT2D eigenvalue weighted by Crippen LogP contribution is -2.51. The van der Waals surface area contributed by atoms with E-state index in [0.717, 1.165) is 11.3 Å². The summed E-state index contributed by atoms with van der Waals surface area (Å²) in [4.78, 5) is 24.8. The molecule has 2 heterocycles. The molecule has 110 valence electrons. The van der Waals surface area contributed by atoms with E-state index < -0.39 is 34.2 Å². The largest absolute Gasteiger partial charge is 0.481 e. The molecule has 1 aromatic heterocycles. The lowest BCUT2D eigenvalue weighted by atomic mass is 10.2. The Kier molecular flexibility index (Phi) is 4.36. The van der Waals surface area contributed by atoms with Gasteiger partial charge in [0, 0.05) is 6.54 Å². The summed E-state index contributed by atoms with van der Waals surface area (Å²) in [6, 6.07) is 0.726. The molecule has 0 spiro atoms. The van der Waals surface area contributed by atoms with E-state index in [9.17, 15) is 18.0 Å². The molecular weight excluding hydrogens is 326 g/mol. The van der Waals surface area contributed by atoms with Crippen molar-refractivity contribution in [2.24, 2.45) is 0 Å². The van der Waals surface area contributed by atoms with Gasteiger partial charge in [0.1, 0.15) is 4.88 Å². The first-order valence-corrected chi connectivity index (χ1v) is 8.84. The number of thiophene rings is 1. The number of carboxylic acids is 1. The van der Waals surface area contributed by atoms with Crippen LogP contribution < -0.4 is 0 Å². The summed E-state index contributed by atoms with van der Waals surface area (Å²) >= 11 is 7.04. The third-order valence-electron chi connectivity index (χ3n) is 3.01. The predicted molar refractivity (Wildman–Crippen MR) is 75.1 cm³/mol. The quantitative estimate of drug-likeness (QED) is 0.892. The van der Waals surface area contributed by atoms with Crippen molar-refractivity contribution in [2.45, 2.75) is 12.5 Å². The zero-order chi connectivity index (χ0) is 14.9. The Hall–Kier alpha value is -1.12. The fourth-order valence-corrected chi connectivity index (χ4v) is 4.72. The Labute approximate surface area is 124 Å². The van der Waals surface area contributed by atoms with Gasteiger partial charge < -0.3 is 10.0 Å². The third-order valence-corrected chi connectivity index (χ3v) is 6.04. The fourth-order valence-electron chi connectivity index (χ4n) is 2.10. The minimum Gasteiger partial charge on any atom is -0.481 e. The van der Waals surface area contributed by atoms with Gasteiger partial charge in [-0.3, -0.25) is 9.59 Å². The zero-order valence-corrected chi connectivity index (χ0v) is 12.7. The van der Waals surface area contributed by atoms with Gasteiger partial charge in [-0.05, 0) is 11.4 Å². The molecule has 2 rings (SSSR count). The molecule has 0 radical (unpaired) electrons. The minimum absolute atomic E-state index is 0.00660. The number of aliphatic carboxylic acids is 1. The van der Waals surface area contributed by atoms with Gasteiger partial charge in [0.2, 0.25) is 0 Å². The van der Waals surface area contributed by atoms with Crippen molar-refractivity contribution in [2.75, 3.05) is 18.1 Å². The second-order valence-electron chi connectivity index (χ2n) is 4.46. The van der Waals surface area contributed by atoms with E-state index in [1.54, 1.807) is 11.4 Å². The van der Waals surface area contributed by atoms with Crippen LogP contribution in [0.1, 0.15) is 16.1 Å². The molecule has 1 unspecified atom stereocenters. The second-order valence-corrected chi connectivity index (χ2v) is 8.01. The van der Waals surface area contributed by atoms with Crippen LogP contribution in [0.2, 0.25) is 5.02 Å². The lowest BCUT2D eigenvalue weighted by Gasteiger charge is -2.34. The molecule has 6 nitrogen and oxygen atoms in total. The molecule has 1 amide bonds. The number of amides is 1. The van der Waals surface area contributed by atoms with Crippen LogP contribution in [0.5, 0.6) is 0 Å². The number of carbonyl (C=O) groups is 2. The summed E-state index contributed by atoms with van der Waals surface area (Å²) in [5.41, 5.74) is 0. The molecule has 1 saturated heterocycles. The third kappa shape index (κ3) is 3.31. The average molecular weight is 338 g/mol. The number of hydrogen-bond donors (Lipinski definition) is 1. The van der Waals surface area contributed by atoms with Crippen molar-refractivity contribution in [3.05, 3.63) is 21.3 Å². The molecule has 1 N–H and O–H groups in total. The second kappa shape index (κ2) is 5.71. The molecular formula is C11H12ClNO5S2. The highest BCUT2D eigenvalue weighted by Gasteiger charge is 2.36. The number of carbonyl (C=O) groups excluding carboxylic acids is 1. The Morgan fingerprint density at radius 2 is 2.20 bits per heavy atom. The zero-order valence-electron chi connectivity index (χ0n) is 10.3. The van der Waals surface area contributed by atoms with Crippen LogP contribution in [0.15, 0.2) is 11.4 Å². The van der Waals surface area contributed by atoms with Gasteiger partial charge in [0.05, 0.1) is 29.0 Å². The smallest absolute Gasteiger partial charge is 0.305 e. The molecule has 1 atom stereocenters. The number of rotatable bonds is 3. The molecule has 0 aromatic carbocycles. The highest BCUT2D eigenvalue weighted by Crippen LogP contribution is 2.26. The van der Waals surface area contributed by atoms with Gasteiger partial charge in [-0.15, -0.1) is 11.3 Å². The Morgan fingerprint density at radius 3 is 2.75 bits per heavy atom. The van der Waals surface area contributed by atoms with Gasteiger partial charge >= 0.3 is 5.97 Å². The molecule has 20 heavy (non-hydrogen) atoms. The maximum atomic E-state index is 12.3. The van der Waals surface area contributed by atoms with Crippen LogP contribution >= 0.6 is 22.9 Å². The van der Waals surface area contributed by atoms with Crippen molar-refractivity contribution in [1.29, 1.82) is 0 Å². The first-order valence-electron chi connectivity index (χ1n) is 5.76. The van der Waals surface area contributed by atoms with Gasteiger partial charge in [0.25, 0.3) is 5.91 Å². The van der Waals surface area contributed by atoms with Gasteiger partial charge in [-0.1, -0.05) is 11.6 Å². The van der Waals surface area contributed by atoms with Crippen LogP contribution in [0.25, 0.3) is 0 Å². The molecule has 9 heteroatoms. The standard InChI is InChI=1S/C11H12ClNO5S2/c12-8-1-3-19-10(8)11(16)13-2-4-20(17,18)6-7(13)5-9(14)15/h1,3,7H,2,4-6H2,(H,14,15). The summed E-state index contributed by atoms with van der Waals surface area (Å²) in [6.07, 6.45) is -0.395. The molecule has 0 aliphatic carbocycles. The number of halogens is 1. The number of nitrogens with zero attached hydrogens (tertiary/aromatic N) is 1. The van der Waals surface area contributed by atoms with Gasteiger partial charge in [-0.25, -0.2) is 8.42 Å². The predicted octanol–water partition coefficient (Wildman–Crippen LogP) is 1.12. The molecule has 1 aliphatic rings. The maximum absolute atomic E-state index is 12.3. The van der Waals surface area contributed by atoms with Crippen LogP contribution in [-0.4, -0.2) is 54.4 Å². The number of sulfone groups is 1. The van der Waals surface area contributed by atoms with Gasteiger partial charge in [0.15, 0.2) is 9.84 Å². The van der Waals surface area contributed by atoms with E-state index in [-0.39, 0.29) is 18.1 Å². The lowest BCUT2D eigenvalue weighted by molar-refractivity contribution is -0.138. The van der Waals surface area contributed by atoms with Crippen LogP contribution in [0.4, 0.5) is 0 Å². The van der Waals surface area contributed by atoms with E-state index in [0.29, 0.717) is 9.90 Å². The fraction of sp³-hybridized carbons (Fsp3) is 0.455. The van der Waals surface area contributed by atoms with E-state index in [2.05, 4.69) is 0 Å². The van der Waals surface area contributed by atoms with Crippen LogP contribution in [-0.2, 0) is 14.6 Å². The topological polar surface area (TPSA) is 91.8 Å². The van der Waals surface area contributed by atoms with Crippen molar-refractivity contribution < 1.29 is 23.1 Å². The van der Waals surface area contributed by atoms with Crippen molar-refractivity contribution in [3.63, 3.8) is 0 Å². The normalized spacial score (nSPS) is 21.6. The Bertz CT molecular complexity index is 639. The summed E-state index contributed by atoms with van der Waals surface area (Å²) in [6.45, 7) is -0.00660. The first kappa shape index (κ1) is 15.3. The minimum atomic E-state index is -3.31. The molecule has 1 fully saturated rings. The maximum Gasteiger partial charge on any atom is 0.305 e. The Morgan fingerprint density at radius 1 is 1.50 bits per heavy atom.